The molecule has 0 fully saturated rings. The molecule has 7 nitrogen and oxygen atoms in total. The van der Waals surface area contributed by atoms with E-state index >= 15 is 0 Å². The second-order valence-corrected chi connectivity index (χ2v) is 5.52. The summed E-state index contributed by atoms with van der Waals surface area (Å²) < 4.78 is 14.9. The minimum absolute atomic E-state index is 0.0131. The number of carbonyl (C=O) groups excluding carboxylic acids is 3. The minimum Gasteiger partial charge on any atom is -0.484 e. The van der Waals surface area contributed by atoms with Gasteiger partial charge in [0.2, 0.25) is 0 Å². The fourth-order valence-electron chi connectivity index (χ4n) is 2.00. The molecule has 0 saturated heterocycles. The van der Waals surface area contributed by atoms with E-state index in [1.807, 2.05) is 0 Å². The average Bonchev–Trinajstić information content (AvgIpc) is 2.61. The summed E-state index contributed by atoms with van der Waals surface area (Å²) in [6.45, 7) is 0.978. The highest BCUT2D eigenvalue weighted by molar-refractivity contribution is 6.30. The standard InChI is InChI=1S/C18H16ClNO6/c1-11(21)26-16-8-5-13(9-15(16)18(23)24-2)20-17(22)10-25-14-6-3-12(19)4-7-14/h3-9H,10H2,1-2H3,(H,20,22). The van der Waals surface area contributed by atoms with Crippen molar-refractivity contribution in [1.82, 2.24) is 0 Å². The molecule has 0 aliphatic heterocycles. The Kier molecular flexibility index (Phi) is 6.57. The number of esters is 2. The maximum atomic E-state index is 12.0. The van der Waals surface area contributed by atoms with Crippen LogP contribution in [0, 0.1) is 0 Å². The van der Waals surface area contributed by atoms with Crippen molar-refractivity contribution in [2.45, 2.75) is 6.92 Å². The van der Waals surface area contributed by atoms with Crippen LogP contribution in [0.15, 0.2) is 42.5 Å². The van der Waals surface area contributed by atoms with Crippen LogP contribution in [-0.2, 0) is 14.3 Å². The largest absolute Gasteiger partial charge is 0.484 e. The highest BCUT2D eigenvalue weighted by Gasteiger charge is 2.16. The summed E-state index contributed by atoms with van der Waals surface area (Å²) in [6.07, 6.45) is 0. The number of benzene rings is 2. The van der Waals surface area contributed by atoms with E-state index in [2.05, 4.69) is 10.1 Å². The van der Waals surface area contributed by atoms with Crippen LogP contribution in [0.1, 0.15) is 17.3 Å². The Labute approximate surface area is 154 Å². The number of anilines is 1. The van der Waals surface area contributed by atoms with Crippen molar-refractivity contribution < 1.29 is 28.6 Å². The Balaban J connectivity index is 2.05. The van der Waals surface area contributed by atoms with E-state index in [0.717, 1.165) is 0 Å². The first kappa shape index (κ1) is 19.3. The SMILES string of the molecule is COC(=O)c1cc(NC(=O)COc2ccc(Cl)cc2)ccc1OC(C)=O. The third-order valence-corrected chi connectivity index (χ3v) is 3.36. The summed E-state index contributed by atoms with van der Waals surface area (Å²) in [7, 11) is 1.20. The van der Waals surface area contributed by atoms with Gasteiger partial charge in [0, 0.05) is 17.6 Å². The molecule has 1 amide bonds. The zero-order valence-electron chi connectivity index (χ0n) is 14.1. The molecule has 136 valence electrons. The molecule has 0 unspecified atom stereocenters. The molecule has 2 rings (SSSR count). The predicted octanol–water partition coefficient (Wildman–Crippen LogP) is 3.07. The summed E-state index contributed by atoms with van der Waals surface area (Å²) in [4.78, 5) is 34.9. The maximum absolute atomic E-state index is 12.0. The predicted molar refractivity (Wildman–Crippen MR) is 94.7 cm³/mol. The number of amides is 1. The molecule has 0 atom stereocenters. The number of hydrogen-bond donors (Lipinski definition) is 1. The van der Waals surface area contributed by atoms with Crippen molar-refractivity contribution >= 4 is 35.1 Å². The Hall–Kier alpha value is -3.06. The second kappa shape index (κ2) is 8.87. The monoisotopic (exact) mass is 377 g/mol. The number of carbonyl (C=O) groups is 3. The maximum Gasteiger partial charge on any atom is 0.341 e. The van der Waals surface area contributed by atoms with Gasteiger partial charge in [0.05, 0.1) is 7.11 Å². The first-order valence-corrected chi connectivity index (χ1v) is 7.86. The molecule has 0 spiro atoms. The van der Waals surface area contributed by atoms with E-state index in [1.165, 1.54) is 32.2 Å². The Bertz CT molecular complexity index is 819. The third-order valence-electron chi connectivity index (χ3n) is 3.11. The summed E-state index contributed by atoms with van der Waals surface area (Å²) >= 11 is 5.77. The number of hydrogen-bond acceptors (Lipinski definition) is 6. The third kappa shape index (κ3) is 5.49. The highest BCUT2D eigenvalue weighted by atomic mass is 35.5. The molecule has 2 aromatic carbocycles. The van der Waals surface area contributed by atoms with E-state index in [1.54, 1.807) is 24.3 Å². The van der Waals surface area contributed by atoms with Crippen LogP contribution in [0.5, 0.6) is 11.5 Å². The highest BCUT2D eigenvalue weighted by Crippen LogP contribution is 2.24. The van der Waals surface area contributed by atoms with Gasteiger partial charge in [0.15, 0.2) is 6.61 Å². The lowest BCUT2D eigenvalue weighted by atomic mass is 10.1. The van der Waals surface area contributed by atoms with Crippen LogP contribution in [0.4, 0.5) is 5.69 Å². The van der Waals surface area contributed by atoms with Gasteiger partial charge >= 0.3 is 11.9 Å². The van der Waals surface area contributed by atoms with Crippen molar-refractivity contribution in [1.29, 1.82) is 0 Å². The normalized spacial score (nSPS) is 9.96. The quantitative estimate of drug-likeness (QED) is 0.614. The van der Waals surface area contributed by atoms with Gasteiger partial charge < -0.3 is 19.5 Å². The smallest absolute Gasteiger partial charge is 0.341 e. The number of halogens is 1. The molecule has 0 radical (unpaired) electrons. The van der Waals surface area contributed by atoms with Crippen molar-refractivity contribution in [3.8, 4) is 11.5 Å². The molecule has 26 heavy (non-hydrogen) atoms. The summed E-state index contributed by atoms with van der Waals surface area (Å²) in [5, 5.41) is 3.15. The molecule has 0 heterocycles. The van der Waals surface area contributed by atoms with Gasteiger partial charge in [-0.3, -0.25) is 9.59 Å². The van der Waals surface area contributed by atoms with Crippen molar-refractivity contribution in [3.63, 3.8) is 0 Å². The molecule has 0 aliphatic carbocycles. The van der Waals surface area contributed by atoms with E-state index in [4.69, 9.17) is 21.1 Å². The van der Waals surface area contributed by atoms with E-state index < -0.39 is 17.8 Å². The van der Waals surface area contributed by atoms with Gasteiger partial charge in [-0.1, -0.05) is 11.6 Å². The minimum atomic E-state index is -0.699. The molecular formula is C18H16ClNO6. The summed E-state index contributed by atoms with van der Waals surface area (Å²) in [5.41, 5.74) is 0.338. The second-order valence-electron chi connectivity index (χ2n) is 5.09. The molecule has 0 aromatic heterocycles. The van der Waals surface area contributed by atoms with Crippen LogP contribution in [0.3, 0.4) is 0 Å². The van der Waals surface area contributed by atoms with Gasteiger partial charge in [-0.25, -0.2) is 4.79 Å². The summed E-state index contributed by atoms with van der Waals surface area (Å²) in [5.74, 6) is -1.18. The molecule has 2 aromatic rings. The van der Waals surface area contributed by atoms with Crippen LogP contribution in [0.2, 0.25) is 5.02 Å². The van der Waals surface area contributed by atoms with Crippen molar-refractivity contribution in [2.24, 2.45) is 0 Å². The van der Waals surface area contributed by atoms with Gasteiger partial charge in [-0.05, 0) is 42.5 Å². The molecule has 8 heteroatoms. The van der Waals surface area contributed by atoms with Gasteiger partial charge in [-0.15, -0.1) is 0 Å². The molecule has 0 saturated carbocycles. The topological polar surface area (TPSA) is 90.9 Å². The van der Waals surface area contributed by atoms with Gasteiger partial charge in [0.1, 0.15) is 17.1 Å². The number of ether oxygens (including phenoxy) is 3. The zero-order valence-corrected chi connectivity index (χ0v) is 14.8. The van der Waals surface area contributed by atoms with E-state index in [-0.39, 0.29) is 17.9 Å². The van der Waals surface area contributed by atoms with Crippen molar-refractivity contribution in [3.05, 3.63) is 53.1 Å². The lowest BCUT2D eigenvalue weighted by Crippen LogP contribution is -2.20. The van der Waals surface area contributed by atoms with Crippen LogP contribution >= 0.6 is 11.6 Å². The van der Waals surface area contributed by atoms with Crippen molar-refractivity contribution in [2.75, 3.05) is 19.0 Å². The van der Waals surface area contributed by atoms with Gasteiger partial charge in [0.25, 0.3) is 5.91 Å². The lowest BCUT2D eigenvalue weighted by molar-refractivity contribution is -0.131. The fourth-order valence-corrected chi connectivity index (χ4v) is 2.12. The molecule has 0 bridgehead atoms. The van der Waals surface area contributed by atoms with Crippen LogP contribution < -0.4 is 14.8 Å². The zero-order chi connectivity index (χ0) is 19.1. The number of methoxy groups -OCH3 is 1. The average molecular weight is 378 g/mol. The first-order chi connectivity index (χ1) is 12.4. The molecule has 1 N–H and O–H groups in total. The van der Waals surface area contributed by atoms with Crippen LogP contribution in [0.25, 0.3) is 0 Å². The molecular weight excluding hydrogens is 362 g/mol. The number of rotatable bonds is 6. The van der Waals surface area contributed by atoms with Crippen LogP contribution in [-0.4, -0.2) is 31.6 Å². The van der Waals surface area contributed by atoms with Gasteiger partial charge in [-0.2, -0.15) is 0 Å². The Morgan fingerprint density at radius 2 is 1.77 bits per heavy atom. The Morgan fingerprint density at radius 3 is 2.38 bits per heavy atom. The van der Waals surface area contributed by atoms with E-state index in [0.29, 0.717) is 16.5 Å². The fraction of sp³-hybridized carbons (Fsp3) is 0.167. The Morgan fingerprint density at radius 1 is 1.08 bits per heavy atom. The van der Waals surface area contributed by atoms with E-state index in [9.17, 15) is 14.4 Å². The summed E-state index contributed by atoms with van der Waals surface area (Å²) in [6, 6.07) is 10.8. The first-order valence-electron chi connectivity index (χ1n) is 7.48. The lowest BCUT2D eigenvalue weighted by Gasteiger charge is -2.11. The number of nitrogens with one attached hydrogen (secondary N) is 1. The molecule has 0 aliphatic rings.